The molecule has 1 aliphatic carbocycles. The van der Waals surface area contributed by atoms with Crippen molar-refractivity contribution in [2.75, 3.05) is 0 Å². The Morgan fingerprint density at radius 2 is 2.37 bits per heavy atom. The molecule has 0 radical (unpaired) electrons. The van der Waals surface area contributed by atoms with Crippen LogP contribution < -0.4 is 5.32 Å². The van der Waals surface area contributed by atoms with Gasteiger partial charge in [-0.3, -0.25) is 9.78 Å². The lowest BCUT2D eigenvalue weighted by atomic mass is 9.92. The lowest BCUT2D eigenvalue weighted by molar-refractivity contribution is 0.0937. The maximum absolute atomic E-state index is 12.2. The summed E-state index contributed by atoms with van der Waals surface area (Å²) in [5.74, 6) is 0.0132. The molecule has 0 bridgehead atoms. The number of nitrogens with zero attached hydrogens (tertiary/aromatic N) is 1. The van der Waals surface area contributed by atoms with Crippen LogP contribution in [0.4, 0.5) is 0 Å². The van der Waals surface area contributed by atoms with Gasteiger partial charge in [0, 0.05) is 22.4 Å². The van der Waals surface area contributed by atoms with E-state index in [1.54, 1.807) is 0 Å². The molecule has 0 fully saturated rings. The van der Waals surface area contributed by atoms with Gasteiger partial charge in [0.15, 0.2) is 0 Å². The van der Waals surface area contributed by atoms with Crippen LogP contribution in [-0.4, -0.2) is 16.9 Å². The summed E-state index contributed by atoms with van der Waals surface area (Å²) in [5.41, 5.74) is 2.43. The van der Waals surface area contributed by atoms with E-state index >= 15 is 0 Å². The molecule has 0 saturated carbocycles. The number of thiophene rings is 1. The number of fused-ring (bicyclic) bond motifs is 1. The van der Waals surface area contributed by atoms with Crippen LogP contribution in [0.25, 0.3) is 0 Å². The molecule has 3 rings (SSSR count). The van der Waals surface area contributed by atoms with Gasteiger partial charge in [0.05, 0.1) is 0 Å². The number of amides is 1. The molecule has 1 unspecified atom stereocenters. The molecular weight excluding hydrogens is 324 g/mol. The number of aryl methyl sites for hydroxylation is 1. The fourth-order valence-electron chi connectivity index (χ4n) is 2.39. The van der Waals surface area contributed by atoms with Crippen molar-refractivity contribution in [2.45, 2.75) is 25.3 Å². The van der Waals surface area contributed by atoms with E-state index in [1.165, 1.54) is 22.6 Å². The second-order valence-corrected chi connectivity index (χ2v) is 6.39. The molecule has 2 aromatic heterocycles. The Hall–Kier alpha value is -1.20. The molecule has 0 aliphatic heterocycles. The second kappa shape index (κ2) is 5.43. The van der Waals surface area contributed by atoms with Crippen LogP contribution in [0.5, 0.6) is 0 Å². The van der Waals surface area contributed by atoms with E-state index in [1.807, 2.05) is 23.7 Å². The Morgan fingerprint density at radius 3 is 3.16 bits per heavy atom. The van der Waals surface area contributed by atoms with Crippen molar-refractivity contribution in [1.82, 2.24) is 10.3 Å². The summed E-state index contributed by atoms with van der Waals surface area (Å²) >= 11 is 4.86. The van der Waals surface area contributed by atoms with Crippen LogP contribution in [0.2, 0.25) is 0 Å². The number of carbonyl (C=O) groups excluding carboxylic acids is 1. The predicted octanol–water partition coefficient (Wildman–Crippen LogP) is 3.19. The van der Waals surface area contributed by atoms with E-state index in [4.69, 9.17) is 0 Å². The molecule has 98 valence electrons. The number of hydrogen-bond donors (Lipinski definition) is 1. The monoisotopic (exact) mass is 336 g/mol. The van der Waals surface area contributed by atoms with E-state index in [9.17, 15) is 4.79 Å². The van der Waals surface area contributed by atoms with E-state index in [-0.39, 0.29) is 11.9 Å². The minimum Gasteiger partial charge on any atom is -0.348 e. The average Bonchev–Trinajstić information content (AvgIpc) is 2.85. The molecule has 1 N–H and O–H groups in total. The van der Waals surface area contributed by atoms with Gasteiger partial charge in [-0.05, 0) is 58.3 Å². The minimum atomic E-state index is 0.0132. The molecule has 19 heavy (non-hydrogen) atoms. The first-order valence-corrected chi connectivity index (χ1v) is 7.88. The molecule has 2 aromatic rings. The van der Waals surface area contributed by atoms with Crippen molar-refractivity contribution in [1.29, 1.82) is 0 Å². The van der Waals surface area contributed by atoms with Crippen molar-refractivity contribution in [2.24, 2.45) is 0 Å². The van der Waals surface area contributed by atoms with Crippen LogP contribution in [0.1, 0.15) is 27.3 Å². The van der Waals surface area contributed by atoms with Crippen molar-refractivity contribution in [3.05, 3.63) is 50.4 Å². The predicted molar refractivity (Wildman–Crippen MR) is 79.5 cm³/mol. The minimum absolute atomic E-state index is 0.0132. The first-order valence-electron chi connectivity index (χ1n) is 6.20. The highest BCUT2D eigenvalue weighted by atomic mass is 79.9. The third-order valence-corrected chi connectivity index (χ3v) is 5.18. The molecule has 0 aromatic carbocycles. The van der Waals surface area contributed by atoms with Gasteiger partial charge in [-0.25, -0.2) is 0 Å². The summed E-state index contributed by atoms with van der Waals surface area (Å²) in [6.45, 7) is 0. The van der Waals surface area contributed by atoms with Gasteiger partial charge >= 0.3 is 0 Å². The molecule has 0 spiro atoms. The number of aromatic nitrogens is 1. The number of rotatable bonds is 2. The normalized spacial score (nSPS) is 17.8. The summed E-state index contributed by atoms with van der Waals surface area (Å²) in [5, 5.41) is 5.03. The van der Waals surface area contributed by atoms with Gasteiger partial charge in [-0.1, -0.05) is 6.07 Å². The second-order valence-electron chi connectivity index (χ2n) is 4.62. The topological polar surface area (TPSA) is 42.0 Å². The number of hydrogen-bond acceptors (Lipinski definition) is 3. The highest BCUT2D eigenvalue weighted by Gasteiger charge is 2.22. The molecule has 2 heterocycles. The number of carbonyl (C=O) groups is 1. The standard InChI is InChI=1S/C14H13BrN2OS/c15-11-5-7-19-13(11)14(18)17-10-3-4-12-9(8-10)2-1-6-16-12/h1-2,5-7,10H,3-4,8H2,(H,17,18). The Morgan fingerprint density at radius 1 is 1.47 bits per heavy atom. The van der Waals surface area contributed by atoms with E-state index in [0.29, 0.717) is 0 Å². The van der Waals surface area contributed by atoms with Crippen LogP contribution in [-0.2, 0) is 12.8 Å². The number of halogens is 1. The van der Waals surface area contributed by atoms with Gasteiger partial charge in [0.25, 0.3) is 5.91 Å². The van der Waals surface area contributed by atoms with Gasteiger partial charge in [0.2, 0.25) is 0 Å². The first-order chi connectivity index (χ1) is 9.24. The van der Waals surface area contributed by atoms with E-state index < -0.39 is 0 Å². The Kier molecular flexibility index (Phi) is 3.66. The highest BCUT2D eigenvalue weighted by Crippen LogP contribution is 2.24. The van der Waals surface area contributed by atoms with Crippen LogP contribution in [0, 0.1) is 0 Å². The largest absolute Gasteiger partial charge is 0.348 e. The van der Waals surface area contributed by atoms with Crippen molar-refractivity contribution < 1.29 is 4.79 Å². The van der Waals surface area contributed by atoms with Crippen LogP contribution in [0.3, 0.4) is 0 Å². The first kappa shape index (κ1) is 12.8. The van der Waals surface area contributed by atoms with E-state index in [2.05, 4.69) is 32.3 Å². The zero-order valence-corrected chi connectivity index (χ0v) is 12.6. The molecule has 0 saturated heterocycles. The van der Waals surface area contributed by atoms with Crippen molar-refractivity contribution in [3.8, 4) is 0 Å². The number of pyridine rings is 1. The lowest BCUT2D eigenvalue weighted by Crippen LogP contribution is -2.38. The molecule has 1 aliphatic rings. The van der Waals surface area contributed by atoms with Crippen LogP contribution in [0.15, 0.2) is 34.2 Å². The van der Waals surface area contributed by atoms with Gasteiger partial charge in [-0.15, -0.1) is 11.3 Å². The quantitative estimate of drug-likeness (QED) is 0.914. The zero-order valence-electron chi connectivity index (χ0n) is 10.2. The summed E-state index contributed by atoms with van der Waals surface area (Å²) in [4.78, 5) is 17.3. The van der Waals surface area contributed by atoms with Gasteiger partial charge in [0.1, 0.15) is 4.88 Å². The summed E-state index contributed by atoms with van der Waals surface area (Å²) in [6.07, 6.45) is 4.60. The maximum atomic E-state index is 12.2. The summed E-state index contributed by atoms with van der Waals surface area (Å²) in [6, 6.07) is 6.17. The van der Waals surface area contributed by atoms with Crippen LogP contribution >= 0.6 is 27.3 Å². The Labute approximate surface area is 124 Å². The SMILES string of the molecule is O=C(NC1CCc2ncccc2C1)c1sccc1Br. The Balaban J connectivity index is 1.70. The molecule has 3 nitrogen and oxygen atoms in total. The average molecular weight is 337 g/mol. The third-order valence-electron chi connectivity index (χ3n) is 3.34. The van der Waals surface area contributed by atoms with Crippen molar-refractivity contribution >= 4 is 33.2 Å². The maximum Gasteiger partial charge on any atom is 0.262 e. The zero-order chi connectivity index (χ0) is 13.2. The van der Waals surface area contributed by atoms with Gasteiger partial charge < -0.3 is 5.32 Å². The van der Waals surface area contributed by atoms with E-state index in [0.717, 1.165) is 28.6 Å². The van der Waals surface area contributed by atoms with Gasteiger partial charge in [-0.2, -0.15) is 0 Å². The molecule has 1 amide bonds. The smallest absolute Gasteiger partial charge is 0.262 e. The summed E-state index contributed by atoms with van der Waals surface area (Å²) < 4.78 is 0.868. The highest BCUT2D eigenvalue weighted by molar-refractivity contribution is 9.10. The fourth-order valence-corrected chi connectivity index (χ4v) is 3.84. The Bertz CT molecular complexity index is 611. The summed E-state index contributed by atoms with van der Waals surface area (Å²) in [7, 11) is 0. The lowest BCUT2D eigenvalue weighted by Gasteiger charge is -2.24. The molecule has 1 atom stereocenters. The third kappa shape index (κ3) is 2.72. The van der Waals surface area contributed by atoms with Crippen molar-refractivity contribution in [3.63, 3.8) is 0 Å². The number of nitrogens with one attached hydrogen (secondary N) is 1. The molecular formula is C14H13BrN2OS. The molecule has 5 heteroatoms. The fraction of sp³-hybridized carbons (Fsp3) is 0.286.